The Balaban J connectivity index is 1.96. The molecule has 0 spiro atoms. The topological polar surface area (TPSA) is 50.4 Å². The van der Waals surface area contributed by atoms with Crippen molar-refractivity contribution in [3.63, 3.8) is 0 Å². The zero-order valence-corrected chi connectivity index (χ0v) is 15.8. The van der Waals surface area contributed by atoms with Crippen LogP contribution in [0.1, 0.15) is 43.7 Å². The SMILES string of the molecule is C=c1n(C2CCCCC2)c(=O)/c(=C\c2ccc(N(C)CCO)cc2)n1C. The third-order valence-corrected chi connectivity index (χ3v) is 5.48. The van der Waals surface area contributed by atoms with Gasteiger partial charge >= 0.3 is 0 Å². The number of hydrogen-bond donors (Lipinski definition) is 1. The van der Waals surface area contributed by atoms with Crippen molar-refractivity contribution < 1.29 is 5.11 Å². The quantitative estimate of drug-likeness (QED) is 0.881. The van der Waals surface area contributed by atoms with Gasteiger partial charge in [-0.15, -0.1) is 0 Å². The summed E-state index contributed by atoms with van der Waals surface area (Å²) in [6.07, 6.45) is 7.71. The second kappa shape index (κ2) is 7.96. The predicted molar refractivity (Wildman–Crippen MR) is 107 cm³/mol. The molecule has 5 heteroatoms. The van der Waals surface area contributed by atoms with Gasteiger partial charge in [0.1, 0.15) is 10.8 Å². The third-order valence-electron chi connectivity index (χ3n) is 5.48. The minimum Gasteiger partial charge on any atom is -0.395 e. The van der Waals surface area contributed by atoms with Gasteiger partial charge in [0, 0.05) is 32.4 Å². The number of aromatic nitrogens is 2. The molecule has 3 rings (SSSR count). The Hall–Kier alpha value is -2.27. The molecule has 1 aromatic heterocycles. The van der Waals surface area contributed by atoms with Gasteiger partial charge in [-0.3, -0.25) is 9.36 Å². The molecule has 0 amide bonds. The highest BCUT2D eigenvalue weighted by atomic mass is 16.3. The normalized spacial score (nSPS) is 16.2. The van der Waals surface area contributed by atoms with E-state index in [0.717, 1.165) is 29.6 Å². The van der Waals surface area contributed by atoms with Crippen LogP contribution in [0.5, 0.6) is 0 Å². The molecule has 26 heavy (non-hydrogen) atoms. The van der Waals surface area contributed by atoms with Crippen molar-refractivity contribution >= 4 is 18.3 Å². The zero-order valence-electron chi connectivity index (χ0n) is 15.8. The number of likely N-dealkylation sites (N-methyl/N-ethyl adjacent to an activating group) is 1. The Morgan fingerprint density at radius 3 is 2.50 bits per heavy atom. The number of benzene rings is 1. The number of aliphatic hydroxyl groups excluding tert-OH is 1. The van der Waals surface area contributed by atoms with Crippen LogP contribution in [0, 0.1) is 0 Å². The summed E-state index contributed by atoms with van der Waals surface area (Å²) < 4.78 is 3.80. The van der Waals surface area contributed by atoms with Crippen LogP contribution in [0.4, 0.5) is 5.69 Å². The van der Waals surface area contributed by atoms with Crippen LogP contribution in [-0.4, -0.2) is 34.4 Å². The van der Waals surface area contributed by atoms with Crippen LogP contribution in [0.2, 0.25) is 0 Å². The van der Waals surface area contributed by atoms with Crippen LogP contribution >= 0.6 is 0 Å². The van der Waals surface area contributed by atoms with Crippen LogP contribution < -0.4 is 21.3 Å². The summed E-state index contributed by atoms with van der Waals surface area (Å²) in [5.41, 5.74) is 2.87. The molecule has 0 saturated heterocycles. The molecule has 0 aliphatic heterocycles. The average Bonchev–Trinajstić information content (AvgIpc) is 2.86. The first-order valence-corrected chi connectivity index (χ1v) is 9.43. The van der Waals surface area contributed by atoms with Gasteiger partial charge in [-0.2, -0.15) is 0 Å². The molecule has 1 saturated carbocycles. The fraction of sp³-hybridized carbons (Fsp3) is 0.476. The van der Waals surface area contributed by atoms with Gasteiger partial charge in [-0.05, 0) is 36.6 Å². The summed E-state index contributed by atoms with van der Waals surface area (Å²) in [4.78, 5) is 15.0. The molecule has 0 bridgehead atoms. The summed E-state index contributed by atoms with van der Waals surface area (Å²) >= 11 is 0. The predicted octanol–water partition coefficient (Wildman–Crippen LogP) is 1.36. The van der Waals surface area contributed by atoms with E-state index in [1.165, 1.54) is 19.3 Å². The molecule has 2 aromatic rings. The molecule has 1 fully saturated rings. The minimum atomic E-state index is 0.0610. The lowest BCUT2D eigenvalue weighted by Gasteiger charge is -2.22. The third kappa shape index (κ3) is 3.63. The molecule has 0 radical (unpaired) electrons. The van der Waals surface area contributed by atoms with Gasteiger partial charge in [0.15, 0.2) is 0 Å². The van der Waals surface area contributed by atoms with Gasteiger partial charge in [-0.1, -0.05) is 38.0 Å². The molecule has 0 unspecified atom stereocenters. The first-order valence-electron chi connectivity index (χ1n) is 9.43. The van der Waals surface area contributed by atoms with Crippen LogP contribution in [-0.2, 0) is 7.05 Å². The van der Waals surface area contributed by atoms with Crippen molar-refractivity contribution in [1.82, 2.24) is 9.13 Å². The van der Waals surface area contributed by atoms with E-state index in [2.05, 4.69) is 6.58 Å². The lowest BCUT2D eigenvalue weighted by atomic mass is 9.95. The van der Waals surface area contributed by atoms with Crippen LogP contribution in [0.15, 0.2) is 29.1 Å². The Kier molecular flexibility index (Phi) is 5.67. The fourth-order valence-corrected chi connectivity index (χ4v) is 3.82. The van der Waals surface area contributed by atoms with Gasteiger partial charge in [0.25, 0.3) is 5.56 Å². The standard InChI is InChI=1S/C21H29N3O2/c1-16-23(3)20(21(26)24(16)19-7-5-4-6-8-19)15-17-9-11-18(12-10-17)22(2)13-14-25/h9-12,15,19,25H,1,4-8,13-14H2,2-3H3/b20-15+. The van der Waals surface area contributed by atoms with Crippen LogP contribution in [0.3, 0.4) is 0 Å². The molecule has 0 atom stereocenters. The highest BCUT2D eigenvalue weighted by Gasteiger charge is 2.19. The van der Waals surface area contributed by atoms with E-state index < -0.39 is 0 Å². The highest BCUT2D eigenvalue weighted by Crippen LogP contribution is 2.25. The molecule has 1 aliphatic rings. The van der Waals surface area contributed by atoms with Crippen LogP contribution in [0.25, 0.3) is 12.7 Å². The maximum absolute atomic E-state index is 13.0. The number of rotatable bonds is 5. The van der Waals surface area contributed by atoms with Crippen molar-refractivity contribution in [3.8, 4) is 0 Å². The first-order chi connectivity index (χ1) is 12.5. The molecule has 1 aliphatic carbocycles. The van der Waals surface area contributed by atoms with Crippen molar-refractivity contribution in [1.29, 1.82) is 0 Å². The average molecular weight is 355 g/mol. The lowest BCUT2D eigenvalue weighted by molar-refractivity contribution is 0.304. The minimum absolute atomic E-state index is 0.0610. The smallest absolute Gasteiger partial charge is 0.276 e. The van der Waals surface area contributed by atoms with Crippen molar-refractivity contribution in [2.75, 3.05) is 25.1 Å². The lowest BCUT2D eigenvalue weighted by Crippen LogP contribution is -2.35. The number of hydrogen-bond acceptors (Lipinski definition) is 3. The summed E-state index contributed by atoms with van der Waals surface area (Å²) in [6, 6.07) is 8.31. The monoisotopic (exact) mass is 355 g/mol. The van der Waals surface area contributed by atoms with E-state index in [4.69, 9.17) is 5.11 Å². The van der Waals surface area contributed by atoms with E-state index in [1.54, 1.807) is 0 Å². The maximum atomic E-state index is 13.0. The number of nitrogens with zero attached hydrogens (tertiary/aromatic N) is 3. The van der Waals surface area contributed by atoms with Crippen molar-refractivity contribution in [3.05, 3.63) is 51.0 Å². The van der Waals surface area contributed by atoms with Gasteiger partial charge in [0.05, 0.1) is 6.61 Å². The van der Waals surface area contributed by atoms with E-state index in [1.807, 2.05) is 58.5 Å². The molecule has 1 heterocycles. The van der Waals surface area contributed by atoms with Gasteiger partial charge in [0.2, 0.25) is 0 Å². The largest absolute Gasteiger partial charge is 0.395 e. The molecule has 1 N–H and O–H groups in total. The Morgan fingerprint density at radius 2 is 1.88 bits per heavy atom. The van der Waals surface area contributed by atoms with Gasteiger partial charge in [-0.25, -0.2) is 0 Å². The number of imidazole rings is 1. The van der Waals surface area contributed by atoms with E-state index in [-0.39, 0.29) is 18.2 Å². The number of anilines is 1. The Labute approximate surface area is 154 Å². The molecule has 5 nitrogen and oxygen atoms in total. The highest BCUT2D eigenvalue weighted by molar-refractivity contribution is 5.55. The Morgan fingerprint density at radius 1 is 1.23 bits per heavy atom. The van der Waals surface area contributed by atoms with E-state index in [9.17, 15) is 4.79 Å². The zero-order chi connectivity index (χ0) is 18.7. The molecule has 140 valence electrons. The summed E-state index contributed by atoms with van der Waals surface area (Å²) in [7, 11) is 3.86. The molecule has 1 aromatic carbocycles. The first kappa shape index (κ1) is 18.5. The van der Waals surface area contributed by atoms with Crippen molar-refractivity contribution in [2.24, 2.45) is 7.05 Å². The van der Waals surface area contributed by atoms with E-state index in [0.29, 0.717) is 11.9 Å². The Bertz CT molecular complexity index is 902. The molecular formula is C21H29N3O2. The second-order valence-electron chi connectivity index (χ2n) is 7.21. The summed E-state index contributed by atoms with van der Waals surface area (Å²) in [6.45, 7) is 4.87. The fourth-order valence-electron chi connectivity index (χ4n) is 3.82. The summed E-state index contributed by atoms with van der Waals surface area (Å²) in [5.74, 6) is 0. The van der Waals surface area contributed by atoms with Crippen molar-refractivity contribution in [2.45, 2.75) is 38.1 Å². The molecular weight excluding hydrogens is 326 g/mol. The second-order valence-corrected chi connectivity index (χ2v) is 7.21. The van der Waals surface area contributed by atoms with E-state index >= 15 is 0 Å². The van der Waals surface area contributed by atoms with Gasteiger partial charge < -0.3 is 14.6 Å². The summed E-state index contributed by atoms with van der Waals surface area (Å²) in [5, 5.41) is 9.73. The number of aliphatic hydroxyl groups is 1. The maximum Gasteiger partial charge on any atom is 0.276 e.